The molecule has 1 fully saturated rings. The lowest BCUT2D eigenvalue weighted by atomic mass is 9.91. The molecule has 1 aliphatic rings. The summed E-state index contributed by atoms with van der Waals surface area (Å²) in [6, 6.07) is 10.1. The summed E-state index contributed by atoms with van der Waals surface area (Å²) in [7, 11) is 1.81. The first-order valence-electron chi connectivity index (χ1n) is 11.3. The molecular weight excluding hydrogens is 472 g/mol. The van der Waals surface area contributed by atoms with Crippen molar-refractivity contribution in [2.45, 2.75) is 36.8 Å². The van der Waals surface area contributed by atoms with Crippen LogP contribution < -0.4 is 10.6 Å². The zero-order valence-electron chi connectivity index (χ0n) is 19.8. The van der Waals surface area contributed by atoms with Gasteiger partial charge in [0.1, 0.15) is 6.33 Å². The highest BCUT2D eigenvalue weighted by atomic mass is 32.2. The molecule has 12 heteroatoms. The summed E-state index contributed by atoms with van der Waals surface area (Å²) in [5.41, 5.74) is 1.17. The molecule has 3 amide bonds. The predicted octanol–water partition coefficient (Wildman–Crippen LogP) is 1.03. The zero-order chi connectivity index (χ0) is 25.5. The topological polar surface area (TPSA) is 147 Å². The van der Waals surface area contributed by atoms with E-state index < -0.39 is 0 Å². The van der Waals surface area contributed by atoms with E-state index in [4.69, 9.17) is 9.90 Å². The minimum atomic E-state index is -0.250. The number of carboxylic acid groups (broad SMARTS) is 1. The molecule has 3 rings (SSSR count). The molecule has 0 aliphatic carbocycles. The molecule has 0 radical (unpaired) electrons. The van der Waals surface area contributed by atoms with Crippen LogP contribution in [0.4, 0.5) is 0 Å². The Morgan fingerprint density at radius 3 is 2.57 bits per heavy atom. The number of carbonyl (C=O) groups is 4. The second kappa shape index (κ2) is 15.5. The lowest BCUT2D eigenvalue weighted by Gasteiger charge is -2.23. The highest BCUT2D eigenvalue weighted by Gasteiger charge is 2.20. The molecule has 190 valence electrons. The number of amides is 3. The van der Waals surface area contributed by atoms with E-state index in [0.717, 1.165) is 12.8 Å². The number of aryl methyl sites for hydroxylation is 1. The third kappa shape index (κ3) is 10.2. The molecule has 35 heavy (non-hydrogen) atoms. The largest absolute Gasteiger partial charge is 0.483 e. The number of aromatic nitrogens is 3. The molecule has 2 heterocycles. The number of hydrogen-bond donors (Lipinski definition) is 3. The van der Waals surface area contributed by atoms with Gasteiger partial charge < -0.3 is 25.2 Å². The molecule has 2 aromatic rings. The summed E-state index contributed by atoms with van der Waals surface area (Å²) in [6.07, 6.45) is 4.06. The Balaban J connectivity index is 0.00000137. The van der Waals surface area contributed by atoms with Gasteiger partial charge in [0, 0.05) is 33.1 Å². The second-order valence-corrected chi connectivity index (χ2v) is 8.86. The number of rotatable bonds is 4. The molecule has 1 aromatic carbocycles. The van der Waals surface area contributed by atoms with Gasteiger partial charge >= 0.3 is 0 Å². The van der Waals surface area contributed by atoms with E-state index in [1.165, 1.54) is 17.3 Å². The molecule has 11 nitrogen and oxygen atoms in total. The minimum absolute atomic E-state index is 0.00214. The summed E-state index contributed by atoms with van der Waals surface area (Å²) in [6.45, 7) is 1.12. The molecule has 1 unspecified atom stereocenters. The van der Waals surface area contributed by atoms with Crippen molar-refractivity contribution < 1.29 is 24.3 Å². The van der Waals surface area contributed by atoms with Crippen LogP contribution in [0.2, 0.25) is 0 Å². The van der Waals surface area contributed by atoms with Crippen molar-refractivity contribution in [2.24, 2.45) is 7.05 Å². The smallest absolute Gasteiger partial charge is 0.290 e. The average molecular weight is 505 g/mol. The molecule has 1 aromatic heterocycles. The maximum absolute atomic E-state index is 12.8. The van der Waals surface area contributed by atoms with E-state index in [2.05, 4.69) is 33.0 Å². The average Bonchev–Trinajstić information content (AvgIpc) is 3.26. The fourth-order valence-corrected chi connectivity index (χ4v) is 4.41. The van der Waals surface area contributed by atoms with E-state index in [9.17, 15) is 14.4 Å². The molecule has 1 saturated heterocycles. The Hall–Kier alpha value is -3.41. The molecule has 3 N–H and O–H groups in total. The Bertz CT molecular complexity index is 955. The van der Waals surface area contributed by atoms with Crippen molar-refractivity contribution in [1.29, 1.82) is 0 Å². The van der Waals surface area contributed by atoms with Crippen molar-refractivity contribution in [3.05, 3.63) is 42.2 Å². The van der Waals surface area contributed by atoms with Crippen LogP contribution in [0.25, 0.3) is 0 Å². The fourth-order valence-electron chi connectivity index (χ4n) is 3.62. The molecule has 0 bridgehead atoms. The highest BCUT2D eigenvalue weighted by molar-refractivity contribution is 7.99. The highest BCUT2D eigenvalue weighted by Crippen LogP contribution is 2.24. The lowest BCUT2D eigenvalue weighted by molar-refractivity contribution is -0.134. The Morgan fingerprint density at radius 1 is 1.17 bits per heavy atom. The Labute approximate surface area is 208 Å². The number of nitrogens with zero attached hydrogens (tertiary/aromatic N) is 4. The van der Waals surface area contributed by atoms with E-state index in [1.54, 1.807) is 15.8 Å². The summed E-state index contributed by atoms with van der Waals surface area (Å²) in [5.74, 6) is 0.0551. The van der Waals surface area contributed by atoms with Gasteiger partial charge in [0.15, 0.2) is 5.16 Å². The van der Waals surface area contributed by atoms with Gasteiger partial charge in [-0.2, -0.15) is 0 Å². The Kier molecular flexibility index (Phi) is 12.3. The van der Waals surface area contributed by atoms with Crippen LogP contribution >= 0.6 is 11.8 Å². The fraction of sp³-hybridized carbons (Fsp3) is 0.478. The van der Waals surface area contributed by atoms with Gasteiger partial charge in [-0.05, 0) is 30.7 Å². The monoisotopic (exact) mass is 504 g/mol. The zero-order valence-corrected chi connectivity index (χ0v) is 20.6. The molecule has 0 saturated carbocycles. The van der Waals surface area contributed by atoms with Crippen molar-refractivity contribution >= 4 is 36.0 Å². The van der Waals surface area contributed by atoms with E-state index in [-0.39, 0.29) is 42.4 Å². The summed E-state index contributed by atoms with van der Waals surface area (Å²) < 4.78 is 1.74. The first-order chi connectivity index (χ1) is 16.9. The predicted molar refractivity (Wildman–Crippen MR) is 131 cm³/mol. The van der Waals surface area contributed by atoms with Crippen LogP contribution in [0.1, 0.15) is 37.2 Å². The molecule has 1 atom stereocenters. The van der Waals surface area contributed by atoms with Crippen LogP contribution in [0.3, 0.4) is 0 Å². The van der Waals surface area contributed by atoms with Crippen LogP contribution in [0.15, 0.2) is 41.8 Å². The number of carbonyl (C=O) groups excluding carboxylic acids is 3. The molecular formula is C23H32N6O5S. The second-order valence-electron chi connectivity index (χ2n) is 7.92. The Morgan fingerprint density at radius 2 is 1.89 bits per heavy atom. The number of nitrogens with one attached hydrogen (secondary N) is 2. The summed E-state index contributed by atoms with van der Waals surface area (Å²) in [4.78, 5) is 47.5. The molecule has 0 spiro atoms. The lowest BCUT2D eigenvalue weighted by Crippen LogP contribution is -2.43. The van der Waals surface area contributed by atoms with Crippen molar-refractivity contribution in [2.75, 3.05) is 31.9 Å². The van der Waals surface area contributed by atoms with Crippen LogP contribution in [-0.4, -0.2) is 80.9 Å². The third-order valence-corrected chi connectivity index (χ3v) is 6.43. The van der Waals surface area contributed by atoms with Gasteiger partial charge in [-0.15, -0.1) is 10.2 Å². The SMILES string of the molecule is Cn1cnnc1SCC(=O)N1CCCNC(=O)CCC(c2ccccc2)CCNC(=O)C1.O=CO. The standard InChI is InChI=1S/C22H30N6O3S.CH2O2/c1-27-16-25-26-22(27)32-15-21(31)28-13-5-11-23-19(29)9-8-18(10-12-24-20(30)14-28)17-6-3-2-4-7-17;2-1-3/h2-4,6-7,16,18H,5,8-15H2,1H3,(H,23,29)(H,24,30);1H,(H,2,3). The number of benzene rings is 1. The van der Waals surface area contributed by atoms with E-state index >= 15 is 0 Å². The van der Waals surface area contributed by atoms with Gasteiger partial charge in [0.2, 0.25) is 17.7 Å². The normalized spacial score (nSPS) is 17.7. The first kappa shape index (κ1) is 27.8. The van der Waals surface area contributed by atoms with Crippen molar-refractivity contribution in [3.8, 4) is 0 Å². The maximum Gasteiger partial charge on any atom is 0.290 e. The van der Waals surface area contributed by atoms with Crippen molar-refractivity contribution in [3.63, 3.8) is 0 Å². The first-order valence-corrected chi connectivity index (χ1v) is 12.3. The van der Waals surface area contributed by atoms with Crippen LogP contribution in [-0.2, 0) is 26.2 Å². The number of thioether (sulfide) groups is 1. The third-order valence-electron chi connectivity index (χ3n) is 5.41. The maximum atomic E-state index is 12.8. The van der Waals surface area contributed by atoms with Crippen LogP contribution in [0, 0.1) is 0 Å². The van der Waals surface area contributed by atoms with Gasteiger partial charge in [-0.3, -0.25) is 19.2 Å². The van der Waals surface area contributed by atoms with Gasteiger partial charge in [-0.25, -0.2) is 0 Å². The van der Waals surface area contributed by atoms with Gasteiger partial charge in [-0.1, -0.05) is 42.1 Å². The number of hydrogen-bond acceptors (Lipinski definition) is 7. The van der Waals surface area contributed by atoms with Crippen molar-refractivity contribution in [1.82, 2.24) is 30.3 Å². The van der Waals surface area contributed by atoms with Crippen LogP contribution in [0.5, 0.6) is 0 Å². The van der Waals surface area contributed by atoms with E-state index in [0.29, 0.717) is 37.6 Å². The van der Waals surface area contributed by atoms with E-state index in [1.807, 2.05) is 25.2 Å². The molecule has 1 aliphatic heterocycles. The van der Waals surface area contributed by atoms with Gasteiger partial charge in [0.05, 0.1) is 12.3 Å². The minimum Gasteiger partial charge on any atom is -0.483 e. The summed E-state index contributed by atoms with van der Waals surface area (Å²) >= 11 is 1.29. The quantitative estimate of drug-likeness (QED) is 0.413. The van der Waals surface area contributed by atoms with Gasteiger partial charge in [0.25, 0.3) is 6.47 Å². The summed E-state index contributed by atoms with van der Waals surface area (Å²) in [5, 5.41) is 21.2.